The topological polar surface area (TPSA) is 57.7 Å². The Balaban J connectivity index is 2.24. The van der Waals surface area contributed by atoms with Crippen LogP contribution in [0.15, 0.2) is 4.99 Å². The van der Waals surface area contributed by atoms with Gasteiger partial charge < -0.3 is 20.7 Å². The molecule has 0 amide bonds. The second-order valence-electron chi connectivity index (χ2n) is 5.96. The number of nitrogens with one attached hydrogen (secondary N) is 3. The molecule has 0 spiro atoms. The molecule has 0 aromatic heterocycles. The molecule has 1 heterocycles. The molecule has 0 aromatic carbocycles. The highest BCUT2D eigenvalue weighted by molar-refractivity contribution is 5.79. The van der Waals surface area contributed by atoms with Crippen LogP contribution < -0.4 is 16.0 Å². The first-order valence-electron chi connectivity index (χ1n) is 7.40. The number of ether oxygens (including phenoxy) is 1. The second-order valence-corrected chi connectivity index (χ2v) is 5.96. The van der Waals surface area contributed by atoms with Crippen LogP contribution in [0.2, 0.25) is 0 Å². The van der Waals surface area contributed by atoms with Crippen molar-refractivity contribution in [2.45, 2.75) is 52.2 Å². The van der Waals surface area contributed by atoms with E-state index in [2.05, 4.69) is 48.6 Å². The summed E-state index contributed by atoms with van der Waals surface area (Å²) in [5, 5.41) is 10.0. The van der Waals surface area contributed by atoms with Crippen molar-refractivity contribution in [1.82, 2.24) is 16.0 Å². The van der Waals surface area contributed by atoms with Crippen LogP contribution >= 0.6 is 0 Å². The summed E-state index contributed by atoms with van der Waals surface area (Å²) in [7, 11) is 0. The van der Waals surface area contributed by atoms with Crippen molar-refractivity contribution >= 4 is 5.96 Å². The maximum Gasteiger partial charge on any atom is 0.191 e. The van der Waals surface area contributed by atoms with Gasteiger partial charge in [0.1, 0.15) is 0 Å². The highest BCUT2D eigenvalue weighted by Gasteiger charge is 2.14. The molecule has 1 fully saturated rings. The third-order valence-corrected chi connectivity index (χ3v) is 2.89. The highest BCUT2D eigenvalue weighted by Crippen LogP contribution is 2.11. The largest absolute Gasteiger partial charge is 0.376 e. The zero-order valence-electron chi connectivity index (χ0n) is 12.9. The first-order valence-corrected chi connectivity index (χ1v) is 7.40. The van der Waals surface area contributed by atoms with Gasteiger partial charge in [-0.25, -0.2) is 0 Å². The van der Waals surface area contributed by atoms with Crippen molar-refractivity contribution < 1.29 is 4.74 Å². The average molecular weight is 270 g/mol. The third-order valence-electron chi connectivity index (χ3n) is 2.89. The normalized spacial score (nSPS) is 20.6. The van der Waals surface area contributed by atoms with Gasteiger partial charge in [-0.05, 0) is 40.5 Å². The summed E-state index contributed by atoms with van der Waals surface area (Å²) in [4.78, 5) is 4.57. The molecule has 1 saturated heterocycles. The lowest BCUT2D eigenvalue weighted by atomic mass is 10.1. The summed E-state index contributed by atoms with van der Waals surface area (Å²) in [5.41, 5.74) is 0.162. The van der Waals surface area contributed by atoms with Gasteiger partial charge in [0.15, 0.2) is 5.96 Å². The molecule has 0 saturated carbocycles. The van der Waals surface area contributed by atoms with Gasteiger partial charge >= 0.3 is 0 Å². The molecule has 1 aliphatic rings. The Bertz CT molecular complexity index is 267. The van der Waals surface area contributed by atoms with Crippen LogP contribution in [-0.4, -0.2) is 50.4 Å². The Morgan fingerprint density at radius 2 is 2.05 bits per heavy atom. The number of hydrogen-bond acceptors (Lipinski definition) is 3. The maximum atomic E-state index is 5.58. The molecule has 0 aliphatic carbocycles. The Morgan fingerprint density at radius 3 is 2.63 bits per heavy atom. The van der Waals surface area contributed by atoms with Gasteiger partial charge in [-0.2, -0.15) is 0 Å². The van der Waals surface area contributed by atoms with Crippen LogP contribution in [0.3, 0.4) is 0 Å². The van der Waals surface area contributed by atoms with Crippen LogP contribution in [0.5, 0.6) is 0 Å². The van der Waals surface area contributed by atoms with Crippen molar-refractivity contribution in [1.29, 1.82) is 0 Å². The van der Waals surface area contributed by atoms with E-state index in [1.165, 1.54) is 6.42 Å². The fraction of sp³-hybridized carbons (Fsp3) is 0.929. The molecule has 1 rings (SSSR count). The summed E-state index contributed by atoms with van der Waals surface area (Å²) >= 11 is 0. The molecule has 19 heavy (non-hydrogen) atoms. The van der Waals surface area contributed by atoms with Gasteiger partial charge in [0, 0.05) is 31.8 Å². The summed E-state index contributed by atoms with van der Waals surface area (Å²) in [5.74, 6) is 0.883. The van der Waals surface area contributed by atoms with E-state index in [4.69, 9.17) is 4.74 Å². The SMILES string of the molecule is CCNC(=NCC1CCCO1)NCCNC(C)(C)C. The van der Waals surface area contributed by atoms with E-state index in [-0.39, 0.29) is 5.54 Å². The zero-order chi connectivity index (χ0) is 14.1. The smallest absolute Gasteiger partial charge is 0.191 e. The standard InChI is InChI=1S/C14H30N4O/c1-5-15-13(16-8-9-18-14(2,3)4)17-11-12-7-6-10-19-12/h12,18H,5-11H2,1-4H3,(H2,15,16,17). The number of guanidine groups is 1. The summed E-state index contributed by atoms with van der Waals surface area (Å²) in [6.07, 6.45) is 2.61. The molecular weight excluding hydrogens is 240 g/mol. The van der Waals surface area contributed by atoms with Gasteiger partial charge in [0.2, 0.25) is 0 Å². The molecule has 0 aromatic rings. The monoisotopic (exact) mass is 270 g/mol. The minimum Gasteiger partial charge on any atom is -0.376 e. The predicted octanol–water partition coefficient (Wildman–Crippen LogP) is 1.11. The fourth-order valence-electron chi connectivity index (χ4n) is 1.94. The van der Waals surface area contributed by atoms with E-state index in [0.29, 0.717) is 6.10 Å². The number of hydrogen-bond donors (Lipinski definition) is 3. The summed E-state index contributed by atoms with van der Waals surface area (Å²) in [6.45, 7) is 12.9. The van der Waals surface area contributed by atoms with E-state index in [0.717, 1.165) is 45.2 Å². The first-order chi connectivity index (χ1) is 9.01. The van der Waals surface area contributed by atoms with Crippen molar-refractivity contribution in [3.8, 4) is 0 Å². The van der Waals surface area contributed by atoms with Gasteiger partial charge in [-0.3, -0.25) is 4.99 Å². The lowest BCUT2D eigenvalue weighted by Crippen LogP contribution is -2.44. The second kappa shape index (κ2) is 8.38. The average Bonchev–Trinajstić information content (AvgIpc) is 2.83. The van der Waals surface area contributed by atoms with Gasteiger partial charge in [-0.1, -0.05) is 0 Å². The Hall–Kier alpha value is -0.810. The van der Waals surface area contributed by atoms with Crippen molar-refractivity contribution in [3.05, 3.63) is 0 Å². The van der Waals surface area contributed by atoms with Crippen LogP contribution in [0.4, 0.5) is 0 Å². The van der Waals surface area contributed by atoms with Crippen molar-refractivity contribution in [3.63, 3.8) is 0 Å². The molecule has 1 aliphatic heterocycles. The highest BCUT2D eigenvalue weighted by atomic mass is 16.5. The quantitative estimate of drug-likeness (QED) is 0.384. The fourth-order valence-corrected chi connectivity index (χ4v) is 1.94. The van der Waals surface area contributed by atoms with Crippen molar-refractivity contribution in [2.24, 2.45) is 4.99 Å². The molecule has 112 valence electrons. The summed E-state index contributed by atoms with van der Waals surface area (Å²) in [6, 6.07) is 0. The van der Waals surface area contributed by atoms with E-state index < -0.39 is 0 Å². The molecule has 5 nitrogen and oxygen atoms in total. The van der Waals surface area contributed by atoms with E-state index >= 15 is 0 Å². The van der Waals surface area contributed by atoms with Crippen LogP contribution in [-0.2, 0) is 4.74 Å². The molecule has 1 atom stereocenters. The van der Waals surface area contributed by atoms with E-state index in [1.54, 1.807) is 0 Å². The maximum absolute atomic E-state index is 5.58. The van der Waals surface area contributed by atoms with Crippen LogP contribution in [0.1, 0.15) is 40.5 Å². The molecule has 3 N–H and O–H groups in total. The summed E-state index contributed by atoms with van der Waals surface area (Å²) < 4.78 is 5.58. The molecule has 5 heteroatoms. The van der Waals surface area contributed by atoms with Gasteiger partial charge in [0.05, 0.1) is 12.6 Å². The Labute approximate surface area is 117 Å². The molecule has 0 bridgehead atoms. The lowest BCUT2D eigenvalue weighted by Gasteiger charge is -2.21. The number of aliphatic imine (C=N–C) groups is 1. The minimum absolute atomic E-state index is 0.162. The van der Waals surface area contributed by atoms with Crippen LogP contribution in [0, 0.1) is 0 Å². The van der Waals surface area contributed by atoms with Gasteiger partial charge in [0.25, 0.3) is 0 Å². The molecule has 0 radical (unpaired) electrons. The van der Waals surface area contributed by atoms with Crippen molar-refractivity contribution in [2.75, 3.05) is 32.8 Å². The number of rotatable bonds is 6. The first kappa shape index (κ1) is 16.2. The Morgan fingerprint density at radius 1 is 1.26 bits per heavy atom. The molecular formula is C14H30N4O. The lowest BCUT2D eigenvalue weighted by molar-refractivity contribution is 0.117. The van der Waals surface area contributed by atoms with E-state index in [9.17, 15) is 0 Å². The third kappa shape index (κ3) is 8.06. The van der Waals surface area contributed by atoms with Crippen LogP contribution in [0.25, 0.3) is 0 Å². The Kier molecular flexibility index (Phi) is 7.16. The zero-order valence-corrected chi connectivity index (χ0v) is 12.9. The molecule has 1 unspecified atom stereocenters. The number of nitrogens with zero attached hydrogens (tertiary/aromatic N) is 1. The van der Waals surface area contributed by atoms with E-state index in [1.807, 2.05) is 0 Å². The van der Waals surface area contributed by atoms with Gasteiger partial charge in [-0.15, -0.1) is 0 Å². The minimum atomic E-state index is 0.162. The predicted molar refractivity (Wildman–Crippen MR) is 80.7 cm³/mol.